The summed E-state index contributed by atoms with van der Waals surface area (Å²) in [5.41, 5.74) is 2.57. The fourth-order valence-electron chi connectivity index (χ4n) is 5.70. The zero-order valence-corrected chi connectivity index (χ0v) is 25.6. The first-order valence-electron chi connectivity index (χ1n) is 14.5. The lowest BCUT2D eigenvalue weighted by Crippen LogP contribution is -2.53. The number of benzene rings is 3. The maximum Gasteiger partial charge on any atom is 0.242 e. The highest BCUT2D eigenvalue weighted by Crippen LogP contribution is 2.49. The van der Waals surface area contributed by atoms with Crippen LogP contribution in [0.2, 0.25) is 0 Å². The van der Waals surface area contributed by atoms with Crippen LogP contribution >= 0.6 is 11.8 Å². The monoisotopic (exact) mass is 631 g/mol. The Hall–Kier alpha value is -4.71. The molecule has 45 heavy (non-hydrogen) atoms. The van der Waals surface area contributed by atoms with E-state index in [2.05, 4.69) is 0 Å². The first-order chi connectivity index (χ1) is 21.7. The van der Waals surface area contributed by atoms with Crippen molar-refractivity contribution in [1.82, 2.24) is 19.6 Å². The van der Waals surface area contributed by atoms with E-state index >= 15 is 4.39 Å². The molecule has 2 aliphatic heterocycles. The van der Waals surface area contributed by atoms with Crippen LogP contribution in [-0.2, 0) is 14.4 Å². The molecule has 3 heterocycles. The Bertz CT molecular complexity index is 1740. The standard InChI is InChI=1S/C33H31F2N5O4S/c1-21(41)37-14-16-38(17-15-37)28(42)19-39-29(43)20-45-32(26-13-8-23(34)18-27(26)35)30-31(22-6-4-3-5-7-22)36-40(33(30)39)24-9-11-25(44-2)12-10-24/h3-13,18,32H,14-17,19-20H2,1-2H3/t32-/m1/s1. The number of aromatic nitrogens is 2. The van der Waals surface area contributed by atoms with E-state index in [1.165, 1.54) is 35.7 Å². The summed E-state index contributed by atoms with van der Waals surface area (Å²) in [5.74, 6) is -1.24. The van der Waals surface area contributed by atoms with E-state index in [0.29, 0.717) is 54.7 Å². The largest absolute Gasteiger partial charge is 0.497 e. The van der Waals surface area contributed by atoms with Crippen molar-refractivity contribution in [3.63, 3.8) is 0 Å². The van der Waals surface area contributed by atoms with Crippen molar-refractivity contribution < 1.29 is 27.9 Å². The van der Waals surface area contributed by atoms with E-state index < -0.39 is 16.9 Å². The average Bonchev–Trinajstić information content (AvgIpc) is 3.38. The summed E-state index contributed by atoms with van der Waals surface area (Å²) in [6, 6.07) is 19.9. The molecule has 6 rings (SSSR count). The SMILES string of the molecule is COc1ccc(-n2nc(-c3ccccc3)c3c2N(CC(=O)N2CCN(C(C)=O)CC2)C(=O)CS[C@@H]3c2ccc(F)cc2F)cc1. The number of nitrogens with zero attached hydrogens (tertiary/aromatic N) is 5. The minimum absolute atomic E-state index is 0.0534. The number of ether oxygens (including phenoxy) is 1. The second-order valence-corrected chi connectivity index (χ2v) is 11.9. The lowest BCUT2D eigenvalue weighted by Gasteiger charge is -2.35. The Morgan fingerprint density at radius 3 is 2.29 bits per heavy atom. The van der Waals surface area contributed by atoms with Gasteiger partial charge in [0.25, 0.3) is 0 Å². The molecule has 3 amide bonds. The number of carbonyl (C=O) groups is 3. The van der Waals surface area contributed by atoms with Crippen LogP contribution in [0.25, 0.3) is 16.9 Å². The highest BCUT2D eigenvalue weighted by atomic mass is 32.2. The molecule has 1 saturated heterocycles. The van der Waals surface area contributed by atoms with Crippen molar-refractivity contribution in [3.05, 3.63) is 95.6 Å². The van der Waals surface area contributed by atoms with Gasteiger partial charge in [-0.1, -0.05) is 36.4 Å². The molecule has 0 radical (unpaired) electrons. The van der Waals surface area contributed by atoms with Gasteiger partial charge in [0.2, 0.25) is 17.7 Å². The molecule has 12 heteroatoms. The van der Waals surface area contributed by atoms with Gasteiger partial charge in [0.15, 0.2) is 0 Å². The topological polar surface area (TPSA) is 88.0 Å². The van der Waals surface area contributed by atoms with Gasteiger partial charge in [-0.15, -0.1) is 11.8 Å². The first-order valence-corrected chi connectivity index (χ1v) is 15.5. The summed E-state index contributed by atoms with van der Waals surface area (Å²) in [4.78, 5) is 44.3. The highest BCUT2D eigenvalue weighted by Gasteiger charge is 2.39. The smallest absolute Gasteiger partial charge is 0.242 e. The lowest BCUT2D eigenvalue weighted by molar-refractivity contribution is -0.137. The molecule has 1 fully saturated rings. The van der Waals surface area contributed by atoms with Crippen molar-refractivity contribution in [1.29, 1.82) is 0 Å². The number of amides is 3. The van der Waals surface area contributed by atoms with Crippen LogP contribution in [-0.4, -0.2) is 82.9 Å². The summed E-state index contributed by atoms with van der Waals surface area (Å²) in [5, 5.41) is 4.24. The number of rotatable bonds is 6. The van der Waals surface area contributed by atoms with Crippen molar-refractivity contribution in [2.75, 3.05) is 50.5 Å². The van der Waals surface area contributed by atoms with Crippen LogP contribution in [0.5, 0.6) is 5.75 Å². The van der Waals surface area contributed by atoms with Gasteiger partial charge in [0.1, 0.15) is 29.7 Å². The van der Waals surface area contributed by atoms with Gasteiger partial charge in [0, 0.05) is 55.9 Å². The predicted molar refractivity (Wildman–Crippen MR) is 167 cm³/mol. The number of piperazine rings is 1. The second-order valence-electron chi connectivity index (χ2n) is 10.8. The quantitative estimate of drug-likeness (QED) is 0.307. The zero-order valence-electron chi connectivity index (χ0n) is 24.8. The van der Waals surface area contributed by atoms with Crippen LogP contribution in [0.4, 0.5) is 14.6 Å². The number of hydrogen-bond donors (Lipinski definition) is 0. The van der Waals surface area contributed by atoms with E-state index in [0.717, 1.165) is 11.6 Å². The van der Waals surface area contributed by atoms with Gasteiger partial charge >= 0.3 is 0 Å². The molecule has 4 aromatic rings. The summed E-state index contributed by atoms with van der Waals surface area (Å²) < 4.78 is 36.5. The number of thioether (sulfide) groups is 1. The number of anilines is 1. The Morgan fingerprint density at radius 2 is 1.64 bits per heavy atom. The normalized spacial score (nSPS) is 16.8. The molecule has 0 spiro atoms. The van der Waals surface area contributed by atoms with Crippen molar-refractivity contribution in [2.24, 2.45) is 0 Å². The molecule has 0 N–H and O–H groups in total. The molecule has 232 valence electrons. The van der Waals surface area contributed by atoms with Crippen molar-refractivity contribution in [3.8, 4) is 22.7 Å². The van der Waals surface area contributed by atoms with Crippen molar-refractivity contribution >= 4 is 35.3 Å². The van der Waals surface area contributed by atoms with Gasteiger partial charge in [-0.3, -0.25) is 19.3 Å². The van der Waals surface area contributed by atoms with Gasteiger partial charge in [-0.25, -0.2) is 13.5 Å². The van der Waals surface area contributed by atoms with Gasteiger partial charge < -0.3 is 14.5 Å². The predicted octanol–water partition coefficient (Wildman–Crippen LogP) is 4.69. The molecule has 3 aromatic carbocycles. The number of hydrogen-bond acceptors (Lipinski definition) is 6. The highest BCUT2D eigenvalue weighted by molar-refractivity contribution is 8.00. The van der Waals surface area contributed by atoms with Gasteiger partial charge in [0.05, 0.1) is 29.5 Å². The molecule has 0 saturated carbocycles. The zero-order chi connectivity index (χ0) is 31.7. The molecular formula is C33H31F2N5O4S. The summed E-state index contributed by atoms with van der Waals surface area (Å²) >= 11 is 1.21. The Balaban J connectivity index is 1.53. The average molecular weight is 632 g/mol. The van der Waals surface area contributed by atoms with E-state index in [4.69, 9.17) is 9.84 Å². The Kier molecular flexibility index (Phi) is 8.57. The van der Waals surface area contributed by atoms with Crippen LogP contribution in [0.15, 0.2) is 72.8 Å². The van der Waals surface area contributed by atoms with Crippen LogP contribution < -0.4 is 9.64 Å². The maximum atomic E-state index is 15.5. The molecule has 0 unspecified atom stereocenters. The maximum absolute atomic E-state index is 15.5. The third-order valence-corrected chi connectivity index (χ3v) is 9.31. The van der Waals surface area contributed by atoms with Crippen LogP contribution in [0.1, 0.15) is 23.3 Å². The lowest BCUT2D eigenvalue weighted by atomic mass is 9.99. The van der Waals surface area contributed by atoms with Crippen LogP contribution in [0, 0.1) is 11.6 Å². The van der Waals surface area contributed by atoms with Crippen molar-refractivity contribution in [2.45, 2.75) is 12.2 Å². The Morgan fingerprint density at radius 1 is 0.956 bits per heavy atom. The molecule has 2 aliphatic rings. The molecule has 9 nitrogen and oxygen atoms in total. The molecular weight excluding hydrogens is 600 g/mol. The van der Waals surface area contributed by atoms with E-state index in [1.807, 2.05) is 30.3 Å². The molecule has 0 bridgehead atoms. The van der Waals surface area contributed by atoms with Gasteiger partial charge in [-0.2, -0.15) is 5.10 Å². The molecule has 0 aliphatic carbocycles. The number of halogens is 2. The number of methoxy groups -OCH3 is 1. The van der Waals surface area contributed by atoms with E-state index in [9.17, 15) is 18.8 Å². The third kappa shape index (κ3) is 6.02. The molecule has 1 aromatic heterocycles. The van der Waals surface area contributed by atoms with Crippen LogP contribution in [0.3, 0.4) is 0 Å². The van der Waals surface area contributed by atoms with E-state index in [1.54, 1.807) is 45.9 Å². The fraction of sp³-hybridized carbons (Fsp3) is 0.273. The summed E-state index contributed by atoms with van der Waals surface area (Å²) in [6.07, 6.45) is 0. The first kappa shape index (κ1) is 30.3. The summed E-state index contributed by atoms with van der Waals surface area (Å²) in [7, 11) is 1.56. The third-order valence-electron chi connectivity index (χ3n) is 8.07. The minimum Gasteiger partial charge on any atom is -0.497 e. The minimum atomic E-state index is -0.744. The molecule has 1 atom stereocenters. The number of fused-ring (bicyclic) bond motifs is 1. The number of carbonyl (C=O) groups excluding carboxylic acids is 3. The summed E-state index contributed by atoms with van der Waals surface area (Å²) in [6.45, 7) is 2.73. The van der Waals surface area contributed by atoms with E-state index in [-0.39, 0.29) is 35.6 Å². The Labute approximate surface area is 263 Å². The van der Waals surface area contributed by atoms with Gasteiger partial charge in [-0.05, 0) is 30.3 Å². The second kappa shape index (κ2) is 12.7. The fourth-order valence-corrected chi connectivity index (χ4v) is 6.92.